The molecule has 4 atom stereocenters. The monoisotopic (exact) mass is 214 g/mol. The molecule has 4 unspecified atom stereocenters. The van der Waals surface area contributed by atoms with E-state index in [0.29, 0.717) is 0 Å². The molecule has 0 aromatic carbocycles. The fourth-order valence-corrected chi connectivity index (χ4v) is 3.21. The highest BCUT2D eigenvalue weighted by molar-refractivity contribution is 5.21. The van der Waals surface area contributed by atoms with E-state index in [9.17, 15) is 0 Å². The van der Waals surface area contributed by atoms with E-state index in [1.54, 1.807) is 0 Å². The minimum atomic E-state index is 0.925. The van der Waals surface area contributed by atoms with Crippen LogP contribution in [0.1, 0.15) is 26.2 Å². The second-order valence-electron chi connectivity index (χ2n) is 4.95. The molecule has 0 spiro atoms. The lowest BCUT2D eigenvalue weighted by Gasteiger charge is -2.18. The van der Waals surface area contributed by atoms with Gasteiger partial charge in [0.25, 0.3) is 0 Å². The third-order valence-electron chi connectivity index (χ3n) is 3.99. The summed E-state index contributed by atoms with van der Waals surface area (Å²) in [4.78, 5) is 0. The zero-order valence-electron chi connectivity index (χ0n) is 10.2. The van der Waals surface area contributed by atoms with Gasteiger partial charge in [0, 0.05) is 0 Å². The second kappa shape index (κ2) is 5.34. The van der Waals surface area contributed by atoms with Crippen LogP contribution in [0.5, 0.6) is 0 Å². The minimum absolute atomic E-state index is 0.925. The van der Waals surface area contributed by atoms with E-state index in [4.69, 9.17) is 0 Å². The first-order valence-electron chi connectivity index (χ1n) is 6.44. The molecule has 0 N–H and O–H groups in total. The van der Waals surface area contributed by atoms with Crippen LogP contribution in [-0.2, 0) is 0 Å². The first-order chi connectivity index (χ1) is 7.86. The summed E-state index contributed by atoms with van der Waals surface area (Å²) in [6, 6.07) is 0. The summed E-state index contributed by atoms with van der Waals surface area (Å²) < 4.78 is 0. The van der Waals surface area contributed by atoms with Crippen LogP contribution < -0.4 is 0 Å². The number of fused-ring (bicyclic) bond motifs is 5. The van der Waals surface area contributed by atoms with Gasteiger partial charge in [0.15, 0.2) is 0 Å². The molecule has 16 heavy (non-hydrogen) atoms. The Morgan fingerprint density at radius 2 is 2.06 bits per heavy atom. The molecule has 0 radical (unpaired) electrons. The average Bonchev–Trinajstić information content (AvgIpc) is 2.98. The van der Waals surface area contributed by atoms with Crippen LogP contribution >= 0.6 is 0 Å². The lowest BCUT2D eigenvalue weighted by Crippen LogP contribution is -2.12. The van der Waals surface area contributed by atoms with Crippen molar-refractivity contribution in [1.29, 1.82) is 0 Å². The summed E-state index contributed by atoms with van der Waals surface area (Å²) in [6.45, 7) is 5.55. The Kier molecular flexibility index (Phi) is 3.82. The summed E-state index contributed by atoms with van der Waals surface area (Å²) in [7, 11) is 0. The van der Waals surface area contributed by atoms with Crippen molar-refractivity contribution in [3.05, 3.63) is 49.1 Å². The van der Waals surface area contributed by atoms with Crippen LogP contribution in [0.3, 0.4) is 0 Å². The predicted octanol–water partition coefficient (Wildman–Crippen LogP) is 4.52. The standard InChI is InChI=1S/C10H12.C6H10/c1-2-9-7-4-5-8(6-7)10(9)3-1;1-3-5-6-4-2/h1-2,4-5,7-10H,3,6H2;3-4,6H,1,5H2,2H3/b;6-4+. The maximum atomic E-state index is 3.55. The van der Waals surface area contributed by atoms with E-state index in [-0.39, 0.29) is 0 Å². The molecule has 1 fully saturated rings. The van der Waals surface area contributed by atoms with E-state index in [1.807, 2.05) is 19.1 Å². The van der Waals surface area contributed by atoms with Crippen molar-refractivity contribution in [2.45, 2.75) is 26.2 Å². The molecule has 0 aromatic rings. The first kappa shape index (κ1) is 11.4. The van der Waals surface area contributed by atoms with E-state index in [2.05, 4.69) is 37.0 Å². The Hall–Kier alpha value is -1.04. The van der Waals surface area contributed by atoms with Crippen LogP contribution in [0, 0.1) is 23.7 Å². The topological polar surface area (TPSA) is 0 Å². The number of hydrogen-bond acceptors (Lipinski definition) is 0. The molecule has 0 amide bonds. The van der Waals surface area contributed by atoms with Gasteiger partial charge in [-0.3, -0.25) is 0 Å². The second-order valence-corrected chi connectivity index (χ2v) is 4.95. The van der Waals surface area contributed by atoms with Crippen LogP contribution in [0.2, 0.25) is 0 Å². The number of rotatable bonds is 2. The smallest absolute Gasteiger partial charge is 0.0133 e. The minimum Gasteiger partial charge on any atom is -0.103 e. The van der Waals surface area contributed by atoms with Gasteiger partial charge in [0.2, 0.25) is 0 Å². The first-order valence-corrected chi connectivity index (χ1v) is 6.44. The molecule has 0 nitrogen and oxygen atoms in total. The van der Waals surface area contributed by atoms with Gasteiger partial charge in [0.1, 0.15) is 0 Å². The van der Waals surface area contributed by atoms with Crippen molar-refractivity contribution in [2.24, 2.45) is 23.7 Å². The van der Waals surface area contributed by atoms with Crippen molar-refractivity contribution in [3.8, 4) is 0 Å². The zero-order chi connectivity index (χ0) is 11.4. The summed E-state index contributed by atoms with van der Waals surface area (Å²) in [6.07, 6.45) is 19.5. The average molecular weight is 214 g/mol. The van der Waals surface area contributed by atoms with E-state index in [1.165, 1.54) is 12.8 Å². The van der Waals surface area contributed by atoms with Crippen LogP contribution in [0.4, 0.5) is 0 Å². The van der Waals surface area contributed by atoms with E-state index >= 15 is 0 Å². The van der Waals surface area contributed by atoms with Gasteiger partial charge in [-0.15, -0.1) is 6.58 Å². The molecule has 0 aliphatic heterocycles. The molecular formula is C16H22. The highest BCUT2D eigenvalue weighted by atomic mass is 14.5. The van der Waals surface area contributed by atoms with Crippen LogP contribution in [0.25, 0.3) is 0 Å². The third-order valence-corrected chi connectivity index (χ3v) is 3.99. The Balaban J connectivity index is 0.000000142. The molecule has 3 aliphatic carbocycles. The number of allylic oxidation sites excluding steroid dienone is 7. The molecule has 0 saturated heterocycles. The molecule has 86 valence electrons. The highest BCUT2D eigenvalue weighted by Gasteiger charge is 2.44. The lowest BCUT2D eigenvalue weighted by molar-refractivity contribution is 0.398. The van der Waals surface area contributed by atoms with Gasteiger partial charge in [-0.2, -0.15) is 0 Å². The summed E-state index contributed by atoms with van der Waals surface area (Å²) in [5.74, 6) is 3.82. The Morgan fingerprint density at radius 1 is 1.25 bits per heavy atom. The van der Waals surface area contributed by atoms with Crippen molar-refractivity contribution in [3.63, 3.8) is 0 Å². The molecule has 0 heterocycles. The summed E-state index contributed by atoms with van der Waals surface area (Å²) in [5.41, 5.74) is 0. The quantitative estimate of drug-likeness (QED) is 0.593. The lowest BCUT2D eigenvalue weighted by atomic mass is 9.86. The van der Waals surface area contributed by atoms with Crippen molar-refractivity contribution in [1.82, 2.24) is 0 Å². The van der Waals surface area contributed by atoms with Gasteiger partial charge in [-0.25, -0.2) is 0 Å². The van der Waals surface area contributed by atoms with Crippen molar-refractivity contribution in [2.75, 3.05) is 0 Å². The van der Waals surface area contributed by atoms with Crippen molar-refractivity contribution < 1.29 is 0 Å². The maximum Gasteiger partial charge on any atom is -0.0133 e. The van der Waals surface area contributed by atoms with Crippen LogP contribution in [0.15, 0.2) is 49.1 Å². The van der Waals surface area contributed by atoms with Gasteiger partial charge in [-0.05, 0) is 49.9 Å². The summed E-state index contributed by atoms with van der Waals surface area (Å²) in [5, 5.41) is 0. The molecule has 3 rings (SSSR count). The summed E-state index contributed by atoms with van der Waals surface area (Å²) >= 11 is 0. The Bertz CT molecular complexity index is 319. The maximum absolute atomic E-state index is 3.55. The Labute approximate surface area is 99.4 Å². The van der Waals surface area contributed by atoms with Gasteiger partial charge >= 0.3 is 0 Å². The highest BCUT2D eigenvalue weighted by Crippen LogP contribution is 2.52. The molecular weight excluding hydrogens is 192 g/mol. The normalized spacial score (nSPS) is 37.6. The van der Waals surface area contributed by atoms with Gasteiger partial charge < -0.3 is 0 Å². The molecule has 1 saturated carbocycles. The zero-order valence-corrected chi connectivity index (χ0v) is 10.2. The third kappa shape index (κ3) is 2.21. The van der Waals surface area contributed by atoms with E-state index in [0.717, 1.165) is 30.1 Å². The largest absolute Gasteiger partial charge is 0.103 e. The molecule has 0 aromatic heterocycles. The van der Waals surface area contributed by atoms with E-state index < -0.39 is 0 Å². The van der Waals surface area contributed by atoms with Crippen LogP contribution in [-0.4, -0.2) is 0 Å². The predicted molar refractivity (Wildman–Crippen MR) is 71.1 cm³/mol. The molecule has 3 aliphatic rings. The van der Waals surface area contributed by atoms with Gasteiger partial charge in [-0.1, -0.05) is 42.5 Å². The number of hydrogen-bond donors (Lipinski definition) is 0. The fourth-order valence-electron chi connectivity index (χ4n) is 3.21. The SMILES string of the molecule is C1=CC2C3C=CC(C3)C2C1.C=CC/C=C/C. The molecule has 0 heteroatoms. The van der Waals surface area contributed by atoms with Gasteiger partial charge in [0.05, 0.1) is 0 Å². The Morgan fingerprint density at radius 3 is 2.69 bits per heavy atom. The fraction of sp³-hybridized carbons (Fsp3) is 0.500. The molecule has 2 bridgehead atoms. The van der Waals surface area contributed by atoms with Crippen molar-refractivity contribution >= 4 is 0 Å².